The summed E-state index contributed by atoms with van der Waals surface area (Å²) < 4.78 is 10.5. The van der Waals surface area contributed by atoms with E-state index >= 15 is 0 Å². The molecule has 0 saturated carbocycles. The Morgan fingerprint density at radius 3 is 2.81 bits per heavy atom. The van der Waals surface area contributed by atoms with Gasteiger partial charge in [0, 0.05) is 32.4 Å². The van der Waals surface area contributed by atoms with Gasteiger partial charge in [0.15, 0.2) is 0 Å². The molecule has 1 atom stereocenters. The Morgan fingerprint density at radius 2 is 2.08 bits per heavy atom. The summed E-state index contributed by atoms with van der Waals surface area (Å²) in [4.78, 5) is 38.6. The quantitative estimate of drug-likeness (QED) is 0.562. The molecule has 1 saturated heterocycles. The number of methoxy groups -OCH3 is 1. The van der Waals surface area contributed by atoms with Gasteiger partial charge in [-0.1, -0.05) is 0 Å². The third-order valence-corrected chi connectivity index (χ3v) is 4.70. The minimum absolute atomic E-state index is 0.0907. The number of benzene rings is 1. The summed E-state index contributed by atoms with van der Waals surface area (Å²) >= 11 is 0. The number of hydrogen-bond donors (Lipinski definition) is 1. The lowest BCUT2D eigenvalue weighted by Crippen LogP contribution is -2.36. The van der Waals surface area contributed by atoms with Crippen molar-refractivity contribution in [3.8, 4) is 0 Å². The highest BCUT2D eigenvalue weighted by Crippen LogP contribution is 2.26. The van der Waals surface area contributed by atoms with E-state index in [1.165, 1.54) is 11.0 Å². The van der Waals surface area contributed by atoms with Crippen molar-refractivity contribution in [2.24, 2.45) is 0 Å². The number of nitrogens with zero attached hydrogens (tertiary/aromatic N) is 1. The molecule has 2 aliphatic rings. The Bertz CT molecular complexity index is 697. The van der Waals surface area contributed by atoms with Crippen molar-refractivity contribution in [1.82, 2.24) is 10.2 Å². The van der Waals surface area contributed by atoms with Gasteiger partial charge in [-0.25, -0.2) is 0 Å². The first-order valence-corrected chi connectivity index (χ1v) is 9.01. The molecule has 2 aliphatic heterocycles. The Morgan fingerprint density at radius 1 is 1.27 bits per heavy atom. The molecule has 140 valence electrons. The van der Waals surface area contributed by atoms with Gasteiger partial charge in [-0.15, -0.1) is 0 Å². The average molecular weight is 360 g/mol. The second-order valence-electron chi connectivity index (χ2n) is 6.57. The Kier molecular flexibility index (Phi) is 6.00. The average Bonchev–Trinajstić information content (AvgIpc) is 3.24. The number of imide groups is 1. The fraction of sp³-hybridized carbons (Fsp3) is 0.526. The number of amides is 3. The molecule has 0 spiro atoms. The normalized spacial score (nSPS) is 19.1. The van der Waals surface area contributed by atoms with E-state index in [2.05, 4.69) is 5.32 Å². The smallest absolute Gasteiger partial charge is 0.261 e. The van der Waals surface area contributed by atoms with Gasteiger partial charge < -0.3 is 14.8 Å². The molecule has 1 N–H and O–H groups in total. The minimum Gasteiger partial charge on any atom is -0.385 e. The summed E-state index contributed by atoms with van der Waals surface area (Å²) in [6.07, 6.45) is 3.39. The van der Waals surface area contributed by atoms with Crippen molar-refractivity contribution in [3.63, 3.8) is 0 Å². The predicted molar refractivity (Wildman–Crippen MR) is 94.2 cm³/mol. The van der Waals surface area contributed by atoms with E-state index in [-0.39, 0.29) is 30.4 Å². The van der Waals surface area contributed by atoms with E-state index < -0.39 is 0 Å². The van der Waals surface area contributed by atoms with Crippen LogP contribution in [0.3, 0.4) is 0 Å². The molecule has 1 aromatic rings. The molecular formula is C19H24N2O5. The topological polar surface area (TPSA) is 84.9 Å². The summed E-state index contributed by atoms with van der Waals surface area (Å²) in [5.41, 5.74) is 1.03. The summed E-state index contributed by atoms with van der Waals surface area (Å²) in [7, 11) is 1.64. The van der Waals surface area contributed by atoms with Crippen molar-refractivity contribution in [3.05, 3.63) is 34.9 Å². The van der Waals surface area contributed by atoms with Crippen LogP contribution < -0.4 is 5.32 Å². The van der Waals surface area contributed by atoms with Crippen molar-refractivity contribution >= 4 is 17.7 Å². The number of unbranched alkanes of at least 4 members (excludes halogenated alkanes) is 1. The maximum atomic E-state index is 12.6. The highest BCUT2D eigenvalue weighted by Gasteiger charge is 2.37. The second kappa shape index (κ2) is 8.42. The summed E-state index contributed by atoms with van der Waals surface area (Å²) in [5, 5.41) is 2.82. The fourth-order valence-electron chi connectivity index (χ4n) is 3.27. The standard InChI is InChI=1S/C19H24N2O5/c1-25-9-3-2-8-20-17(22)13-6-7-15-16(11-13)19(24)21(18(15)23)12-14-5-4-10-26-14/h6-7,11,14H,2-5,8-10,12H2,1H3,(H,20,22). The van der Waals surface area contributed by atoms with Crippen molar-refractivity contribution in [1.29, 1.82) is 0 Å². The summed E-state index contributed by atoms with van der Waals surface area (Å²) in [6, 6.07) is 4.66. The highest BCUT2D eigenvalue weighted by molar-refractivity contribution is 6.22. The molecular weight excluding hydrogens is 336 g/mol. The molecule has 3 rings (SSSR count). The number of ether oxygens (including phenoxy) is 2. The molecule has 0 bridgehead atoms. The van der Waals surface area contributed by atoms with Gasteiger partial charge in [0.05, 0.1) is 23.8 Å². The lowest BCUT2D eigenvalue weighted by molar-refractivity contribution is 0.0475. The van der Waals surface area contributed by atoms with Crippen molar-refractivity contribution < 1.29 is 23.9 Å². The van der Waals surface area contributed by atoms with Gasteiger partial charge >= 0.3 is 0 Å². The number of nitrogens with one attached hydrogen (secondary N) is 1. The maximum absolute atomic E-state index is 12.6. The SMILES string of the molecule is COCCCCNC(=O)c1ccc2c(c1)C(=O)N(CC1CCCO1)C2=O. The van der Waals surface area contributed by atoms with Gasteiger partial charge in [0.1, 0.15) is 0 Å². The van der Waals surface area contributed by atoms with Crippen LogP contribution in [0.1, 0.15) is 56.8 Å². The molecule has 3 amide bonds. The van der Waals surface area contributed by atoms with E-state index in [1.807, 2.05) is 0 Å². The van der Waals surface area contributed by atoms with Crippen LogP contribution in [-0.4, -0.2) is 62.1 Å². The second-order valence-corrected chi connectivity index (χ2v) is 6.57. The van der Waals surface area contributed by atoms with E-state index in [0.29, 0.717) is 36.4 Å². The lowest BCUT2D eigenvalue weighted by Gasteiger charge is -2.17. The summed E-state index contributed by atoms with van der Waals surface area (Å²) in [5.74, 6) is -0.912. The Balaban J connectivity index is 1.64. The largest absolute Gasteiger partial charge is 0.385 e. The molecule has 7 nitrogen and oxygen atoms in total. The summed E-state index contributed by atoms with van der Waals surface area (Å²) in [6.45, 7) is 2.14. The van der Waals surface area contributed by atoms with E-state index in [4.69, 9.17) is 9.47 Å². The minimum atomic E-state index is -0.352. The molecule has 1 unspecified atom stereocenters. The van der Waals surface area contributed by atoms with Crippen LogP contribution in [-0.2, 0) is 9.47 Å². The van der Waals surface area contributed by atoms with Gasteiger partial charge in [-0.3, -0.25) is 19.3 Å². The first-order valence-electron chi connectivity index (χ1n) is 9.01. The third-order valence-electron chi connectivity index (χ3n) is 4.70. The van der Waals surface area contributed by atoms with E-state index in [0.717, 1.165) is 25.7 Å². The zero-order chi connectivity index (χ0) is 18.5. The van der Waals surface area contributed by atoms with Crippen LogP contribution >= 0.6 is 0 Å². The van der Waals surface area contributed by atoms with Crippen LogP contribution in [0, 0.1) is 0 Å². The van der Waals surface area contributed by atoms with E-state index in [9.17, 15) is 14.4 Å². The maximum Gasteiger partial charge on any atom is 0.261 e. The number of rotatable bonds is 8. The molecule has 1 fully saturated rings. The molecule has 1 aromatic carbocycles. The van der Waals surface area contributed by atoms with Crippen LogP contribution in [0.2, 0.25) is 0 Å². The van der Waals surface area contributed by atoms with Gasteiger partial charge in [0.25, 0.3) is 17.7 Å². The molecule has 0 aliphatic carbocycles. The molecule has 26 heavy (non-hydrogen) atoms. The van der Waals surface area contributed by atoms with Crippen LogP contribution in [0.4, 0.5) is 0 Å². The lowest BCUT2D eigenvalue weighted by atomic mass is 10.1. The molecule has 7 heteroatoms. The first kappa shape index (κ1) is 18.5. The van der Waals surface area contributed by atoms with Crippen molar-refractivity contribution in [2.45, 2.75) is 31.8 Å². The van der Waals surface area contributed by atoms with Crippen LogP contribution in [0.25, 0.3) is 0 Å². The molecule has 0 radical (unpaired) electrons. The van der Waals surface area contributed by atoms with E-state index in [1.54, 1.807) is 19.2 Å². The monoisotopic (exact) mass is 360 g/mol. The fourth-order valence-corrected chi connectivity index (χ4v) is 3.27. The number of carbonyl (C=O) groups is 3. The number of carbonyl (C=O) groups excluding carboxylic acids is 3. The Labute approximate surface area is 152 Å². The van der Waals surface area contributed by atoms with Gasteiger partial charge in [0.2, 0.25) is 0 Å². The number of hydrogen-bond acceptors (Lipinski definition) is 5. The van der Waals surface area contributed by atoms with Crippen LogP contribution in [0.5, 0.6) is 0 Å². The zero-order valence-corrected chi connectivity index (χ0v) is 15.0. The van der Waals surface area contributed by atoms with Crippen LogP contribution in [0.15, 0.2) is 18.2 Å². The Hall–Kier alpha value is -2.25. The zero-order valence-electron chi connectivity index (χ0n) is 15.0. The number of fused-ring (bicyclic) bond motifs is 1. The predicted octanol–water partition coefficient (Wildman–Crippen LogP) is 1.62. The highest BCUT2D eigenvalue weighted by atomic mass is 16.5. The molecule has 0 aromatic heterocycles. The molecule has 2 heterocycles. The van der Waals surface area contributed by atoms with Gasteiger partial charge in [-0.2, -0.15) is 0 Å². The van der Waals surface area contributed by atoms with Gasteiger partial charge in [-0.05, 0) is 43.9 Å². The van der Waals surface area contributed by atoms with Crippen molar-refractivity contribution in [2.75, 3.05) is 33.4 Å². The third kappa shape index (κ3) is 3.94. The first-order chi connectivity index (χ1) is 12.6.